The van der Waals surface area contributed by atoms with E-state index >= 15 is 0 Å². The van der Waals surface area contributed by atoms with Gasteiger partial charge in [-0.05, 0) is 56.7 Å². The molecular weight excluding hydrogens is 274 g/mol. The van der Waals surface area contributed by atoms with Crippen LogP contribution in [0, 0.1) is 13.8 Å². The van der Waals surface area contributed by atoms with Crippen molar-refractivity contribution in [3.05, 3.63) is 27.8 Å². The summed E-state index contributed by atoms with van der Waals surface area (Å²) in [5.41, 5.74) is 8.74. The van der Waals surface area contributed by atoms with E-state index in [9.17, 15) is 5.11 Å². The smallest absolute Gasteiger partial charge is 0.126 e. The maximum absolute atomic E-state index is 9.87. The Morgan fingerprint density at radius 2 is 2.00 bits per heavy atom. The number of benzene rings is 1. The molecular formula is C16H26ClNO2. The summed E-state index contributed by atoms with van der Waals surface area (Å²) in [5, 5.41) is 10.6. The molecule has 4 heteroatoms. The van der Waals surface area contributed by atoms with Crippen LogP contribution in [0.1, 0.15) is 49.3 Å². The number of rotatable bonds is 7. The topological polar surface area (TPSA) is 55.5 Å². The van der Waals surface area contributed by atoms with E-state index in [-0.39, 0.29) is 12.5 Å². The predicted molar refractivity (Wildman–Crippen MR) is 84.8 cm³/mol. The SMILES string of the molecule is CCOc1c(C)cc(Cl)c(C)c1C(CC)CC(O)CN. The Morgan fingerprint density at radius 3 is 2.50 bits per heavy atom. The Balaban J connectivity index is 3.30. The second-order valence-corrected chi connectivity index (χ2v) is 5.61. The maximum Gasteiger partial charge on any atom is 0.126 e. The Hall–Kier alpha value is -0.770. The lowest BCUT2D eigenvalue weighted by molar-refractivity contribution is 0.161. The van der Waals surface area contributed by atoms with Crippen molar-refractivity contribution in [3.63, 3.8) is 0 Å². The van der Waals surface area contributed by atoms with E-state index in [2.05, 4.69) is 6.92 Å². The van der Waals surface area contributed by atoms with Crippen molar-refractivity contribution in [2.24, 2.45) is 5.73 Å². The Labute approximate surface area is 127 Å². The van der Waals surface area contributed by atoms with Crippen LogP contribution in [-0.2, 0) is 0 Å². The maximum atomic E-state index is 9.87. The monoisotopic (exact) mass is 299 g/mol. The van der Waals surface area contributed by atoms with E-state index in [4.69, 9.17) is 22.1 Å². The zero-order valence-electron chi connectivity index (χ0n) is 12.9. The summed E-state index contributed by atoms with van der Waals surface area (Å²) in [6.07, 6.45) is 1.05. The first-order valence-electron chi connectivity index (χ1n) is 7.26. The molecule has 0 saturated heterocycles. The number of aryl methyl sites for hydroxylation is 1. The third-order valence-electron chi connectivity index (χ3n) is 3.73. The Kier molecular flexibility index (Phi) is 6.80. The molecule has 0 aliphatic carbocycles. The minimum absolute atomic E-state index is 0.201. The van der Waals surface area contributed by atoms with Gasteiger partial charge >= 0.3 is 0 Å². The van der Waals surface area contributed by atoms with Crippen molar-refractivity contribution in [3.8, 4) is 5.75 Å². The van der Waals surface area contributed by atoms with Crippen LogP contribution in [0.2, 0.25) is 5.02 Å². The highest BCUT2D eigenvalue weighted by molar-refractivity contribution is 6.31. The molecule has 0 heterocycles. The number of nitrogens with two attached hydrogens (primary N) is 1. The van der Waals surface area contributed by atoms with Gasteiger partial charge in [0.15, 0.2) is 0 Å². The molecule has 0 radical (unpaired) electrons. The molecule has 3 nitrogen and oxygen atoms in total. The molecule has 3 N–H and O–H groups in total. The quantitative estimate of drug-likeness (QED) is 0.809. The van der Waals surface area contributed by atoms with Gasteiger partial charge in [0, 0.05) is 17.1 Å². The fraction of sp³-hybridized carbons (Fsp3) is 0.625. The molecule has 1 aromatic carbocycles. The molecule has 114 valence electrons. The van der Waals surface area contributed by atoms with Gasteiger partial charge in [-0.15, -0.1) is 0 Å². The van der Waals surface area contributed by atoms with E-state index in [0.29, 0.717) is 13.0 Å². The van der Waals surface area contributed by atoms with Gasteiger partial charge in [-0.1, -0.05) is 18.5 Å². The molecule has 0 bridgehead atoms. The first kappa shape index (κ1) is 17.3. The van der Waals surface area contributed by atoms with Gasteiger partial charge in [0.1, 0.15) is 5.75 Å². The van der Waals surface area contributed by atoms with Gasteiger partial charge in [-0.2, -0.15) is 0 Å². The lowest BCUT2D eigenvalue weighted by Gasteiger charge is -2.25. The van der Waals surface area contributed by atoms with Crippen molar-refractivity contribution < 1.29 is 9.84 Å². The number of hydrogen-bond donors (Lipinski definition) is 2. The molecule has 0 aliphatic rings. The largest absolute Gasteiger partial charge is 0.493 e. The molecule has 0 amide bonds. The lowest BCUT2D eigenvalue weighted by atomic mass is 9.86. The summed E-state index contributed by atoms with van der Waals surface area (Å²) in [6, 6.07) is 1.94. The first-order valence-corrected chi connectivity index (χ1v) is 7.64. The second kappa shape index (κ2) is 7.87. The van der Waals surface area contributed by atoms with E-state index < -0.39 is 6.10 Å². The highest BCUT2D eigenvalue weighted by Crippen LogP contribution is 2.40. The van der Waals surface area contributed by atoms with Crippen LogP contribution in [0.5, 0.6) is 5.75 Å². The van der Waals surface area contributed by atoms with Gasteiger partial charge in [-0.25, -0.2) is 0 Å². The van der Waals surface area contributed by atoms with Gasteiger partial charge in [0.2, 0.25) is 0 Å². The van der Waals surface area contributed by atoms with Gasteiger partial charge in [-0.3, -0.25) is 0 Å². The van der Waals surface area contributed by atoms with E-state index in [1.807, 2.05) is 26.8 Å². The van der Waals surface area contributed by atoms with Gasteiger partial charge in [0.05, 0.1) is 12.7 Å². The number of ether oxygens (including phenoxy) is 1. The highest BCUT2D eigenvalue weighted by atomic mass is 35.5. The molecule has 0 saturated carbocycles. The Morgan fingerprint density at radius 1 is 1.35 bits per heavy atom. The number of hydrogen-bond acceptors (Lipinski definition) is 3. The fourth-order valence-corrected chi connectivity index (χ4v) is 2.88. The van der Waals surface area contributed by atoms with Crippen LogP contribution in [0.3, 0.4) is 0 Å². The average Bonchev–Trinajstić information content (AvgIpc) is 2.43. The summed E-state index contributed by atoms with van der Waals surface area (Å²) in [4.78, 5) is 0. The Bertz CT molecular complexity index is 449. The normalized spacial score (nSPS) is 14.2. The minimum atomic E-state index is -0.492. The molecule has 2 atom stereocenters. The molecule has 1 rings (SSSR count). The fourth-order valence-electron chi connectivity index (χ4n) is 2.62. The molecule has 1 aromatic rings. The summed E-state index contributed by atoms with van der Waals surface area (Å²) in [5.74, 6) is 1.11. The second-order valence-electron chi connectivity index (χ2n) is 5.21. The summed E-state index contributed by atoms with van der Waals surface area (Å²) < 4.78 is 5.83. The molecule has 0 spiro atoms. The molecule has 2 unspecified atom stereocenters. The van der Waals surface area contributed by atoms with Crippen molar-refractivity contribution >= 4 is 11.6 Å². The first-order chi connectivity index (χ1) is 9.46. The third-order valence-corrected chi connectivity index (χ3v) is 4.12. The predicted octanol–water partition coefficient (Wildman–Crippen LogP) is 3.56. The van der Waals surface area contributed by atoms with Crippen molar-refractivity contribution in [2.75, 3.05) is 13.2 Å². The molecule has 0 aliphatic heterocycles. The van der Waals surface area contributed by atoms with Crippen LogP contribution in [0.15, 0.2) is 6.07 Å². The third kappa shape index (κ3) is 3.87. The number of halogens is 1. The van der Waals surface area contributed by atoms with Crippen LogP contribution in [-0.4, -0.2) is 24.4 Å². The minimum Gasteiger partial charge on any atom is -0.493 e. The van der Waals surface area contributed by atoms with E-state index in [1.165, 1.54) is 0 Å². The van der Waals surface area contributed by atoms with Crippen molar-refractivity contribution in [2.45, 2.75) is 52.6 Å². The van der Waals surface area contributed by atoms with Gasteiger partial charge in [0.25, 0.3) is 0 Å². The van der Waals surface area contributed by atoms with E-state index in [0.717, 1.165) is 33.9 Å². The van der Waals surface area contributed by atoms with E-state index in [1.54, 1.807) is 0 Å². The zero-order valence-corrected chi connectivity index (χ0v) is 13.6. The van der Waals surface area contributed by atoms with Crippen LogP contribution >= 0.6 is 11.6 Å². The van der Waals surface area contributed by atoms with Crippen molar-refractivity contribution in [1.29, 1.82) is 0 Å². The van der Waals surface area contributed by atoms with Crippen LogP contribution in [0.4, 0.5) is 0 Å². The summed E-state index contributed by atoms with van der Waals surface area (Å²) in [7, 11) is 0. The van der Waals surface area contributed by atoms with Crippen molar-refractivity contribution in [1.82, 2.24) is 0 Å². The highest BCUT2D eigenvalue weighted by Gasteiger charge is 2.23. The molecule has 0 fully saturated rings. The summed E-state index contributed by atoms with van der Waals surface area (Å²) in [6.45, 7) is 9.00. The molecule has 20 heavy (non-hydrogen) atoms. The van der Waals surface area contributed by atoms with Crippen LogP contribution < -0.4 is 10.5 Å². The lowest BCUT2D eigenvalue weighted by Crippen LogP contribution is -2.23. The standard InChI is InChI=1S/C16H26ClNO2/c1-5-12(8-13(19)9-18)15-11(4)14(17)7-10(3)16(15)20-6-2/h7,12-13,19H,5-6,8-9,18H2,1-4H3. The zero-order chi connectivity index (χ0) is 15.3. The number of aliphatic hydroxyl groups excluding tert-OH is 1. The average molecular weight is 300 g/mol. The number of aliphatic hydroxyl groups is 1. The summed E-state index contributed by atoms with van der Waals surface area (Å²) >= 11 is 6.32. The van der Waals surface area contributed by atoms with Crippen LogP contribution in [0.25, 0.3) is 0 Å². The van der Waals surface area contributed by atoms with Gasteiger partial charge < -0.3 is 15.6 Å². The molecule has 0 aromatic heterocycles.